The molecule has 0 aromatic carbocycles. The summed E-state index contributed by atoms with van der Waals surface area (Å²) < 4.78 is 9.99. The fourth-order valence-corrected chi connectivity index (χ4v) is 1.55. The van der Waals surface area contributed by atoms with Gasteiger partial charge in [0.2, 0.25) is 0 Å². The summed E-state index contributed by atoms with van der Waals surface area (Å²) >= 11 is 0. The summed E-state index contributed by atoms with van der Waals surface area (Å²) in [6.07, 6.45) is 3.14. The summed E-state index contributed by atoms with van der Waals surface area (Å²) in [6, 6.07) is 0.257. The first kappa shape index (κ1) is 14.8. The van der Waals surface area contributed by atoms with Crippen LogP contribution in [0, 0.1) is 0 Å². The maximum atomic E-state index is 5.99. The molecule has 4 nitrogen and oxygen atoms in total. The van der Waals surface area contributed by atoms with E-state index >= 15 is 0 Å². The fourth-order valence-electron chi connectivity index (χ4n) is 1.55. The molecule has 0 amide bonds. The van der Waals surface area contributed by atoms with Crippen molar-refractivity contribution < 1.29 is 9.47 Å². The Labute approximate surface area is 93.7 Å². The van der Waals surface area contributed by atoms with Crippen LogP contribution in [0.4, 0.5) is 0 Å². The molecule has 0 rings (SSSR count). The van der Waals surface area contributed by atoms with Crippen molar-refractivity contribution >= 4 is 0 Å². The van der Waals surface area contributed by atoms with Gasteiger partial charge in [-0.1, -0.05) is 0 Å². The van der Waals surface area contributed by atoms with Crippen molar-refractivity contribution in [3.05, 3.63) is 0 Å². The van der Waals surface area contributed by atoms with Crippen LogP contribution in [-0.4, -0.2) is 58.5 Å². The zero-order valence-corrected chi connectivity index (χ0v) is 10.4. The average Bonchev–Trinajstić information content (AvgIpc) is 2.18. The number of nitrogens with two attached hydrogens (primary N) is 1. The maximum absolute atomic E-state index is 5.99. The Morgan fingerprint density at radius 1 is 1.13 bits per heavy atom. The average molecular weight is 218 g/mol. The minimum Gasteiger partial charge on any atom is -0.385 e. The molecule has 0 bridgehead atoms. The van der Waals surface area contributed by atoms with Gasteiger partial charge in [-0.05, 0) is 26.3 Å². The molecule has 0 saturated carbocycles. The summed E-state index contributed by atoms with van der Waals surface area (Å²) in [5, 5.41) is 0. The molecule has 0 aromatic heterocycles. The number of nitrogens with zero attached hydrogens (tertiary/aromatic N) is 1. The lowest BCUT2D eigenvalue weighted by atomic mass is 10.1. The summed E-state index contributed by atoms with van der Waals surface area (Å²) in [4.78, 5) is 2.26. The van der Waals surface area contributed by atoms with Gasteiger partial charge in [0.15, 0.2) is 0 Å². The van der Waals surface area contributed by atoms with E-state index in [1.807, 2.05) is 0 Å². The predicted octanol–water partition coefficient (Wildman–Crippen LogP) is 0.709. The molecule has 1 atom stereocenters. The highest BCUT2D eigenvalue weighted by Crippen LogP contribution is 1.98. The Bertz CT molecular complexity index is 120. The molecule has 2 N–H and O–H groups in total. The highest BCUT2D eigenvalue weighted by Gasteiger charge is 2.06. The van der Waals surface area contributed by atoms with E-state index in [9.17, 15) is 0 Å². The van der Waals surface area contributed by atoms with Gasteiger partial charge in [-0.25, -0.2) is 0 Å². The molecule has 0 radical (unpaired) electrons. The Morgan fingerprint density at radius 2 is 1.73 bits per heavy atom. The minimum atomic E-state index is 0.257. The topological polar surface area (TPSA) is 47.7 Å². The van der Waals surface area contributed by atoms with Crippen LogP contribution in [0.25, 0.3) is 0 Å². The number of hydrogen-bond donors (Lipinski definition) is 1. The molecule has 0 heterocycles. The Morgan fingerprint density at radius 3 is 2.33 bits per heavy atom. The first-order chi connectivity index (χ1) is 7.20. The molecule has 0 saturated heterocycles. The van der Waals surface area contributed by atoms with Gasteiger partial charge in [-0.3, -0.25) is 0 Å². The number of likely N-dealkylation sites (N-methyl/N-ethyl adjacent to an activating group) is 1. The SMILES string of the molecule is COCCCC(N)CN(C)CCCOC. The molecule has 15 heavy (non-hydrogen) atoms. The number of ether oxygens (including phenoxy) is 2. The molecular weight excluding hydrogens is 192 g/mol. The maximum Gasteiger partial charge on any atom is 0.0474 e. The van der Waals surface area contributed by atoms with Crippen molar-refractivity contribution in [2.75, 3.05) is 47.6 Å². The summed E-state index contributed by atoms with van der Waals surface area (Å²) in [6.45, 7) is 3.63. The van der Waals surface area contributed by atoms with Crippen molar-refractivity contribution in [3.8, 4) is 0 Å². The second kappa shape index (κ2) is 10.4. The summed E-state index contributed by atoms with van der Waals surface area (Å²) in [5.41, 5.74) is 5.99. The van der Waals surface area contributed by atoms with Gasteiger partial charge in [-0.15, -0.1) is 0 Å². The lowest BCUT2D eigenvalue weighted by molar-refractivity contribution is 0.173. The van der Waals surface area contributed by atoms with Crippen LogP contribution in [0.2, 0.25) is 0 Å². The van der Waals surface area contributed by atoms with Gasteiger partial charge < -0.3 is 20.1 Å². The summed E-state index contributed by atoms with van der Waals surface area (Å²) in [7, 11) is 5.56. The first-order valence-corrected chi connectivity index (χ1v) is 5.62. The van der Waals surface area contributed by atoms with E-state index in [0.717, 1.165) is 45.6 Å². The van der Waals surface area contributed by atoms with E-state index in [1.165, 1.54) is 0 Å². The number of rotatable bonds is 10. The van der Waals surface area contributed by atoms with Crippen molar-refractivity contribution in [3.63, 3.8) is 0 Å². The number of methoxy groups -OCH3 is 2. The lowest BCUT2D eigenvalue weighted by Gasteiger charge is -2.20. The summed E-state index contributed by atoms with van der Waals surface area (Å²) in [5.74, 6) is 0. The normalized spacial score (nSPS) is 13.4. The molecule has 0 aromatic rings. The van der Waals surface area contributed by atoms with Crippen LogP contribution in [-0.2, 0) is 9.47 Å². The third-order valence-electron chi connectivity index (χ3n) is 2.36. The number of hydrogen-bond acceptors (Lipinski definition) is 4. The van der Waals surface area contributed by atoms with Crippen LogP contribution in [0.1, 0.15) is 19.3 Å². The highest BCUT2D eigenvalue weighted by molar-refractivity contribution is 4.65. The van der Waals surface area contributed by atoms with Crippen LogP contribution < -0.4 is 5.73 Å². The lowest BCUT2D eigenvalue weighted by Crippen LogP contribution is -2.36. The molecular formula is C11H26N2O2. The molecule has 4 heteroatoms. The highest BCUT2D eigenvalue weighted by atomic mass is 16.5. The van der Waals surface area contributed by atoms with E-state index in [-0.39, 0.29) is 6.04 Å². The van der Waals surface area contributed by atoms with Gasteiger partial charge >= 0.3 is 0 Å². The van der Waals surface area contributed by atoms with E-state index in [2.05, 4.69) is 11.9 Å². The third-order valence-corrected chi connectivity index (χ3v) is 2.36. The standard InChI is InChI=1S/C11H26N2O2/c1-13(7-5-9-15-3)10-11(12)6-4-8-14-2/h11H,4-10,12H2,1-3H3. The smallest absolute Gasteiger partial charge is 0.0474 e. The zero-order valence-electron chi connectivity index (χ0n) is 10.4. The molecule has 0 fully saturated rings. The molecule has 1 unspecified atom stereocenters. The van der Waals surface area contributed by atoms with Crippen LogP contribution in [0.5, 0.6) is 0 Å². The monoisotopic (exact) mass is 218 g/mol. The van der Waals surface area contributed by atoms with Crippen LogP contribution in [0.3, 0.4) is 0 Å². The Kier molecular flexibility index (Phi) is 10.3. The van der Waals surface area contributed by atoms with Crippen LogP contribution in [0.15, 0.2) is 0 Å². The minimum absolute atomic E-state index is 0.257. The quantitative estimate of drug-likeness (QED) is 0.549. The van der Waals surface area contributed by atoms with E-state index in [0.29, 0.717) is 0 Å². The third kappa shape index (κ3) is 10.1. The molecule has 0 aliphatic rings. The van der Waals surface area contributed by atoms with Gasteiger partial charge in [0, 0.05) is 46.6 Å². The predicted molar refractivity (Wildman–Crippen MR) is 63.1 cm³/mol. The molecule has 0 aliphatic heterocycles. The van der Waals surface area contributed by atoms with Gasteiger partial charge in [0.1, 0.15) is 0 Å². The van der Waals surface area contributed by atoms with Crippen LogP contribution >= 0.6 is 0 Å². The first-order valence-electron chi connectivity index (χ1n) is 5.62. The van der Waals surface area contributed by atoms with Crippen molar-refractivity contribution in [2.24, 2.45) is 5.73 Å². The molecule has 0 spiro atoms. The van der Waals surface area contributed by atoms with E-state index in [1.54, 1.807) is 14.2 Å². The second-order valence-corrected chi connectivity index (χ2v) is 4.00. The Balaban J connectivity index is 3.35. The molecule has 92 valence electrons. The van der Waals surface area contributed by atoms with Crippen molar-refractivity contribution in [1.29, 1.82) is 0 Å². The van der Waals surface area contributed by atoms with Gasteiger partial charge in [0.05, 0.1) is 0 Å². The van der Waals surface area contributed by atoms with Gasteiger partial charge in [0.25, 0.3) is 0 Å². The zero-order chi connectivity index (χ0) is 11.5. The molecule has 0 aliphatic carbocycles. The van der Waals surface area contributed by atoms with E-state index < -0.39 is 0 Å². The van der Waals surface area contributed by atoms with E-state index in [4.69, 9.17) is 15.2 Å². The fraction of sp³-hybridized carbons (Fsp3) is 1.00. The Hall–Kier alpha value is -0.160. The van der Waals surface area contributed by atoms with Crippen molar-refractivity contribution in [2.45, 2.75) is 25.3 Å². The second-order valence-electron chi connectivity index (χ2n) is 4.00. The van der Waals surface area contributed by atoms with Gasteiger partial charge in [-0.2, -0.15) is 0 Å². The van der Waals surface area contributed by atoms with Crippen molar-refractivity contribution in [1.82, 2.24) is 4.90 Å². The largest absolute Gasteiger partial charge is 0.385 e.